The summed E-state index contributed by atoms with van der Waals surface area (Å²) in [6.45, 7) is 2.94. The lowest BCUT2D eigenvalue weighted by Crippen LogP contribution is -1.94. The van der Waals surface area contributed by atoms with E-state index < -0.39 is 0 Å². The van der Waals surface area contributed by atoms with Gasteiger partial charge in [-0.2, -0.15) is 0 Å². The molecule has 3 heteroatoms. The van der Waals surface area contributed by atoms with Gasteiger partial charge < -0.3 is 5.32 Å². The van der Waals surface area contributed by atoms with Gasteiger partial charge in [0.2, 0.25) is 0 Å². The Balaban J connectivity index is 2.52. The molecule has 0 amide bonds. The van der Waals surface area contributed by atoms with Crippen LogP contribution in [-0.4, -0.2) is 16.5 Å². The number of nitrogens with one attached hydrogen (secondary N) is 1. The van der Waals surface area contributed by atoms with Crippen LogP contribution >= 0.6 is 0 Å². The maximum atomic E-state index is 4.28. The van der Waals surface area contributed by atoms with Crippen LogP contribution in [0, 0.1) is 6.92 Å². The Hall–Kier alpha value is -1.12. The van der Waals surface area contributed by atoms with Crippen molar-refractivity contribution in [2.45, 2.75) is 13.3 Å². The van der Waals surface area contributed by atoms with Crippen LogP contribution in [0.1, 0.15) is 11.4 Å². The first kappa shape index (κ1) is 5.65. The Bertz CT molecular complexity index is 257. The minimum Gasteiger partial charge on any atom is -0.368 e. The Kier molecular flexibility index (Phi) is 1.09. The number of hydrogen-bond donors (Lipinski definition) is 1. The van der Waals surface area contributed by atoms with Crippen LogP contribution < -0.4 is 5.32 Å². The van der Waals surface area contributed by atoms with Crippen molar-refractivity contribution >= 4 is 5.82 Å². The molecule has 1 aromatic heterocycles. The quantitative estimate of drug-likeness (QED) is 0.570. The zero-order valence-electron chi connectivity index (χ0n) is 5.89. The summed E-state index contributed by atoms with van der Waals surface area (Å²) in [5.41, 5.74) is 2.08. The van der Waals surface area contributed by atoms with E-state index in [9.17, 15) is 0 Å². The van der Waals surface area contributed by atoms with E-state index in [-0.39, 0.29) is 0 Å². The van der Waals surface area contributed by atoms with Crippen LogP contribution in [0.5, 0.6) is 0 Å². The fourth-order valence-electron chi connectivity index (χ4n) is 1.13. The fourth-order valence-corrected chi connectivity index (χ4v) is 1.13. The molecule has 2 heterocycles. The Morgan fingerprint density at radius 3 is 3.40 bits per heavy atom. The molecule has 0 fully saturated rings. The summed E-state index contributed by atoms with van der Waals surface area (Å²) >= 11 is 0. The highest BCUT2D eigenvalue weighted by molar-refractivity contribution is 5.45. The Labute approximate surface area is 59.5 Å². The molecule has 0 atom stereocenters. The van der Waals surface area contributed by atoms with Gasteiger partial charge >= 0.3 is 0 Å². The third kappa shape index (κ3) is 0.744. The lowest BCUT2D eigenvalue weighted by atomic mass is 10.3. The third-order valence-corrected chi connectivity index (χ3v) is 1.62. The van der Waals surface area contributed by atoms with Gasteiger partial charge in [-0.1, -0.05) is 0 Å². The highest BCUT2D eigenvalue weighted by Crippen LogP contribution is 2.15. The second-order valence-corrected chi connectivity index (χ2v) is 2.48. The zero-order chi connectivity index (χ0) is 6.97. The summed E-state index contributed by atoms with van der Waals surface area (Å²) in [4.78, 5) is 8.51. The summed E-state index contributed by atoms with van der Waals surface area (Å²) in [6.07, 6.45) is 2.83. The van der Waals surface area contributed by atoms with Gasteiger partial charge in [0.05, 0.1) is 11.4 Å². The van der Waals surface area contributed by atoms with Crippen molar-refractivity contribution in [1.82, 2.24) is 9.97 Å². The molecule has 0 spiro atoms. The molecule has 0 saturated heterocycles. The first-order valence-corrected chi connectivity index (χ1v) is 3.42. The minimum atomic E-state index is 0.972. The number of anilines is 1. The molecule has 0 unspecified atom stereocenters. The van der Waals surface area contributed by atoms with Gasteiger partial charge in [0, 0.05) is 19.2 Å². The molecule has 1 N–H and O–H groups in total. The zero-order valence-corrected chi connectivity index (χ0v) is 5.89. The highest BCUT2D eigenvalue weighted by atomic mass is 15.0. The number of nitrogens with zero attached hydrogens (tertiary/aromatic N) is 2. The van der Waals surface area contributed by atoms with Crippen molar-refractivity contribution < 1.29 is 0 Å². The standard InChI is InChI=1S/C7H9N3/c1-5-4-9-6-2-3-8-7(6)10-5/h4H,2-3H2,1H3,(H,8,10). The van der Waals surface area contributed by atoms with Crippen LogP contribution in [-0.2, 0) is 6.42 Å². The van der Waals surface area contributed by atoms with E-state index in [1.807, 2.05) is 13.1 Å². The molecule has 10 heavy (non-hydrogen) atoms. The fraction of sp³-hybridized carbons (Fsp3) is 0.429. The van der Waals surface area contributed by atoms with Crippen molar-refractivity contribution in [1.29, 1.82) is 0 Å². The maximum absolute atomic E-state index is 4.28. The molecular formula is C7H9N3. The van der Waals surface area contributed by atoms with Crippen LogP contribution in [0.3, 0.4) is 0 Å². The van der Waals surface area contributed by atoms with E-state index in [2.05, 4.69) is 15.3 Å². The summed E-state index contributed by atoms with van der Waals surface area (Å²) in [5, 5.41) is 3.17. The van der Waals surface area contributed by atoms with E-state index in [1.165, 1.54) is 0 Å². The topological polar surface area (TPSA) is 37.8 Å². The van der Waals surface area contributed by atoms with Crippen molar-refractivity contribution in [3.05, 3.63) is 17.6 Å². The summed E-state index contributed by atoms with van der Waals surface area (Å²) < 4.78 is 0. The van der Waals surface area contributed by atoms with Crippen LogP contribution in [0.2, 0.25) is 0 Å². The molecule has 1 aliphatic heterocycles. The molecule has 0 radical (unpaired) electrons. The normalized spacial score (nSPS) is 14.5. The number of aryl methyl sites for hydroxylation is 1. The number of hydrogen-bond acceptors (Lipinski definition) is 3. The molecular weight excluding hydrogens is 126 g/mol. The van der Waals surface area contributed by atoms with Gasteiger partial charge in [-0.3, -0.25) is 4.98 Å². The first-order valence-electron chi connectivity index (χ1n) is 3.42. The molecule has 0 aromatic carbocycles. The van der Waals surface area contributed by atoms with Crippen LogP contribution in [0.15, 0.2) is 6.20 Å². The van der Waals surface area contributed by atoms with Crippen molar-refractivity contribution in [3.63, 3.8) is 0 Å². The predicted octanol–water partition coefficient (Wildman–Crippen LogP) is 0.753. The molecule has 0 bridgehead atoms. The van der Waals surface area contributed by atoms with Crippen LogP contribution in [0.4, 0.5) is 5.82 Å². The molecule has 0 aliphatic carbocycles. The van der Waals surface area contributed by atoms with E-state index in [0.717, 1.165) is 30.2 Å². The van der Waals surface area contributed by atoms with Gasteiger partial charge in [-0.05, 0) is 6.92 Å². The molecule has 1 aliphatic rings. The lowest BCUT2D eigenvalue weighted by molar-refractivity contribution is 1.02. The second kappa shape index (κ2) is 1.94. The number of aromatic nitrogens is 2. The van der Waals surface area contributed by atoms with E-state index in [1.54, 1.807) is 0 Å². The predicted molar refractivity (Wildman–Crippen MR) is 39.0 cm³/mol. The van der Waals surface area contributed by atoms with Crippen molar-refractivity contribution in [3.8, 4) is 0 Å². The van der Waals surface area contributed by atoms with E-state index >= 15 is 0 Å². The average Bonchev–Trinajstić information content (AvgIpc) is 2.33. The van der Waals surface area contributed by atoms with Crippen molar-refractivity contribution in [2.75, 3.05) is 11.9 Å². The van der Waals surface area contributed by atoms with Gasteiger partial charge in [0.15, 0.2) is 0 Å². The highest BCUT2D eigenvalue weighted by Gasteiger charge is 2.11. The Morgan fingerprint density at radius 1 is 1.60 bits per heavy atom. The van der Waals surface area contributed by atoms with Gasteiger partial charge in [-0.25, -0.2) is 4.98 Å². The van der Waals surface area contributed by atoms with Gasteiger partial charge in [-0.15, -0.1) is 0 Å². The monoisotopic (exact) mass is 135 g/mol. The second-order valence-electron chi connectivity index (χ2n) is 2.48. The average molecular weight is 135 g/mol. The lowest BCUT2D eigenvalue weighted by Gasteiger charge is -1.96. The minimum absolute atomic E-state index is 0.972. The van der Waals surface area contributed by atoms with Gasteiger partial charge in [0.1, 0.15) is 5.82 Å². The van der Waals surface area contributed by atoms with E-state index in [0.29, 0.717) is 0 Å². The number of rotatable bonds is 0. The molecule has 0 saturated carbocycles. The van der Waals surface area contributed by atoms with E-state index in [4.69, 9.17) is 0 Å². The molecule has 52 valence electrons. The van der Waals surface area contributed by atoms with Gasteiger partial charge in [0.25, 0.3) is 0 Å². The summed E-state index contributed by atoms with van der Waals surface area (Å²) in [6, 6.07) is 0. The molecule has 1 aromatic rings. The smallest absolute Gasteiger partial charge is 0.148 e. The first-order chi connectivity index (χ1) is 4.86. The van der Waals surface area contributed by atoms with Crippen LogP contribution in [0.25, 0.3) is 0 Å². The maximum Gasteiger partial charge on any atom is 0.148 e. The molecule has 2 rings (SSSR count). The summed E-state index contributed by atoms with van der Waals surface area (Å²) in [7, 11) is 0. The number of fused-ring (bicyclic) bond motifs is 1. The molecule has 3 nitrogen and oxygen atoms in total. The Morgan fingerprint density at radius 2 is 2.50 bits per heavy atom. The largest absolute Gasteiger partial charge is 0.368 e. The van der Waals surface area contributed by atoms with Crippen molar-refractivity contribution in [2.24, 2.45) is 0 Å². The third-order valence-electron chi connectivity index (χ3n) is 1.62. The SMILES string of the molecule is Cc1cnc2c(n1)NCC2. The summed E-state index contributed by atoms with van der Waals surface area (Å²) in [5.74, 6) is 0.972.